The van der Waals surface area contributed by atoms with Crippen molar-refractivity contribution in [2.45, 2.75) is 45.1 Å². The molecule has 2 heterocycles. The summed E-state index contributed by atoms with van der Waals surface area (Å²) in [5, 5.41) is 3.28. The largest absolute Gasteiger partial charge is 0.336 e. The lowest BCUT2D eigenvalue weighted by atomic mass is 10.1. The molecule has 2 saturated heterocycles. The molecule has 2 fully saturated rings. The van der Waals surface area contributed by atoms with Gasteiger partial charge in [0.15, 0.2) is 0 Å². The van der Waals surface area contributed by atoms with E-state index in [1.165, 1.54) is 6.42 Å². The number of hydrogen-bond acceptors (Lipinski definition) is 3. The highest BCUT2D eigenvalue weighted by atomic mass is 16.2. The second-order valence-corrected chi connectivity index (χ2v) is 5.62. The molecule has 0 aromatic rings. The van der Waals surface area contributed by atoms with Crippen molar-refractivity contribution in [3.8, 4) is 0 Å². The van der Waals surface area contributed by atoms with E-state index in [-0.39, 0.29) is 24.4 Å². The minimum absolute atomic E-state index is 0.0999. The van der Waals surface area contributed by atoms with Crippen molar-refractivity contribution in [3.05, 3.63) is 0 Å². The highest BCUT2D eigenvalue weighted by Crippen LogP contribution is 2.12. The first-order valence-corrected chi connectivity index (χ1v) is 7.46. The van der Waals surface area contributed by atoms with Gasteiger partial charge in [0, 0.05) is 38.6 Å². The molecule has 19 heavy (non-hydrogen) atoms. The van der Waals surface area contributed by atoms with Crippen LogP contribution in [0.15, 0.2) is 0 Å². The summed E-state index contributed by atoms with van der Waals surface area (Å²) in [5.74, 6) is 0.249. The summed E-state index contributed by atoms with van der Waals surface area (Å²) in [7, 11) is 0. The summed E-state index contributed by atoms with van der Waals surface area (Å²) in [4.78, 5) is 28.0. The van der Waals surface area contributed by atoms with E-state index in [0.29, 0.717) is 6.42 Å². The predicted octanol–water partition coefficient (Wildman–Crippen LogP) is 0.599. The highest BCUT2D eigenvalue weighted by Gasteiger charge is 2.26. The molecule has 108 valence electrons. The first kappa shape index (κ1) is 14.3. The van der Waals surface area contributed by atoms with E-state index in [2.05, 4.69) is 12.2 Å². The molecule has 2 aliphatic heterocycles. The van der Waals surface area contributed by atoms with Gasteiger partial charge < -0.3 is 15.1 Å². The number of likely N-dealkylation sites (tertiary alicyclic amines) is 1. The Balaban J connectivity index is 1.90. The first-order chi connectivity index (χ1) is 9.18. The van der Waals surface area contributed by atoms with Crippen LogP contribution in [0.1, 0.15) is 39.0 Å². The Hall–Kier alpha value is -1.10. The lowest BCUT2D eigenvalue weighted by Crippen LogP contribution is -2.55. The molecule has 0 radical (unpaired) electrons. The van der Waals surface area contributed by atoms with Crippen LogP contribution >= 0.6 is 0 Å². The van der Waals surface area contributed by atoms with Gasteiger partial charge in [-0.15, -0.1) is 0 Å². The van der Waals surface area contributed by atoms with E-state index in [9.17, 15) is 9.59 Å². The normalized spacial score (nSPS) is 25.9. The maximum Gasteiger partial charge on any atom is 0.242 e. The molecule has 5 heteroatoms. The molecule has 0 bridgehead atoms. The maximum absolute atomic E-state index is 12.3. The maximum atomic E-state index is 12.3. The molecule has 0 saturated carbocycles. The number of hydrogen-bond donors (Lipinski definition) is 1. The topological polar surface area (TPSA) is 52.7 Å². The first-order valence-electron chi connectivity index (χ1n) is 7.46. The third kappa shape index (κ3) is 3.93. The number of carbonyl (C=O) groups excluding carboxylic acids is 2. The van der Waals surface area contributed by atoms with Crippen LogP contribution in [0.5, 0.6) is 0 Å². The van der Waals surface area contributed by atoms with Gasteiger partial charge in [0.25, 0.3) is 0 Å². The van der Waals surface area contributed by atoms with E-state index in [1.807, 2.05) is 4.90 Å². The van der Waals surface area contributed by atoms with Gasteiger partial charge in [-0.05, 0) is 19.8 Å². The lowest BCUT2D eigenvalue weighted by Gasteiger charge is -2.35. The van der Waals surface area contributed by atoms with E-state index in [1.54, 1.807) is 4.90 Å². The number of carbonyl (C=O) groups is 2. The smallest absolute Gasteiger partial charge is 0.242 e. The van der Waals surface area contributed by atoms with Crippen LogP contribution in [0.3, 0.4) is 0 Å². The summed E-state index contributed by atoms with van der Waals surface area (Å²) in [6.07, 6.45) is 4.90. The van der Waals surface area contributed by atoms with Gasteiger partial charge >= 0.3 is 0 Å². The Labute approximate surface area is 115 Å². The van der Waals surface area contributed by atoms with Gasteiger partial charge in [0.2, 0.25) is 11.8 Å². The SMILES string of the molecule is CC1CNCCN1C(=O)CN1CCCCCCC1=O. The number of nitrogens with zero attached hydrogens (tertiary/aromatic N) is 2. The van der Waals surface area contributed by atoms with Crippen LogP contribution in [0.2, 0.25) is 0 Å². The predicted molar refractivity (Wildman–Crippen MR) is 73.7 cm³/mol. The molecular weight excluding hydrogens is 242 g/mol. The highest BCUT2D eigenvalue weighted by molar-refractivity contribution is 5.85. The average molecular weight is 267 g/mol. The summed E-state index contributed by atoms with van der Waals surface area (Å²) >= 11 is 0. The van der Waals surface area contributed by atoms with E-state index in [4.69, 9.17) is 0 Å². The lowest BCUT2D eigenvalue weighted by molar-refractivity contribution is -0.142. The fourth-order valence-electron chi connectivity index (χ4n) is 2.85. The van der Waals surface area contributed by atoms with Gasteiger partial charge in [-0.25, -0.2) is 0 Å². The van der Waals surface area contributed by atoms with Crippen LogP contribution in [0.4, 0.5) is 0 Å². The monoisotopic (exact) mass is 267 g/mol. The van der Waals surface area contributed by atoms with Gasteiger partial charge in [-0.2, -0.15) is 0 Å². The van der Waals surface area contributed by atoms with Crippen molar-refractivity contribution < 1.29 is 9.59 Å². The zero-order valence-corrected chi connectivity index (χ0v) is 11.9. The molecular formula is C14H25N3O2. The third-order valence-corrected chi connectivity index (χ3v) is 4.07. The molecule has 0 aromatic heterocycles. The molecule has 2 amide bonds. The van der Waals surface area contributed by atoms with E-state index in [0.717, 1.165) is 45.4 Å². The van der Waals surface area contributed by atoms with Crippen LogP contribution in [-0.4, -0.2) is 60.4 Å². The zero-order valence-electron chi connectivity index (χ0n) is 11.9. The molecule has 0 spiro atoms. The van der Waals surface area contributed by atoms with E-state index < -0.39 is 0 Å². The third-order valence-electron chi connectivity index (χ3n) is 4.07. The van der Waals surface area contributed by atoms with Crippen LogP contribution in [-0.2, 0) is 9.59 Å². The standard InChI is InChI=1S/C14H25N3O2/c1-12-10-15-7-9-17(12)14(19)11-16-8-5-3-2-4-6-13(16)18/h12,15H,2-11H2,1H3. The number of rotatable bonds is 2. The van der Waals surface area contributed by atoms with Crippen molar-refractivity contribution in [1.29, 1.82) is 0 Å². The Morgan fingerprint density at radius 1 is 1.26 bits per heavy atom. The van der Waals surface area contributed by atoms with Crippen molar-refractivity contribution in [2.24, 2.45) is 0 Å². The minimum atomic E-state index is 0.0999. The van der Waals surface area contributed by atoms with Crippen molar-refractivity contribution >= 4 is 11.8 Å². The van der Waals surface area contributed by atoms with Crippen molar-refractivity contribution in [3.63, 3.8) is 0 Å². The van der Waals surface area contributed by atoms with Gasteiger partial charge in [-0.1, -0.05) is 12.8 Å². The molecule has 2 aliphatic rings. The van der Waals surface area contributed by atoms with Gasteiger partial charge in [0.1, 0.15) is 0 Å². The zero-order chi connectivity index (χ0) is 13.7. The molecule has 1 atom stereocenters. The fraction of sp³-hybridized carbons (Fsp3) is 0.857. The van der Waals surface area contributed by atoms with Crippen molar-refractivity contribution in [2.75, 3.05) is 32.7 Å². The fourth-order valence-corrected chi connectivity index (χ4v) is 2.85. The van der Waals surface area contributed by atoms with E-state index >= 15 is 0 Å². The van der Waals surface area contributed by atoms with Crippen LogP contribution in [0.25, 0.3) is 0 Å². The van der Waals surface area contributed by atoms with Crippen LogP contribution in [0, 0.1) is 0 Å². The van der Waals surface area contributed by atoms with Gasteiger partial charge in [0.05, 0.1) is 6.54 Å². The molecule has 5 nitrogen and oxygen atoms in total. The van der Waals surface area contributed by atoms with Crippen molar-refractivity contribution in [1.82, 2.24) is 15.1 Å². The molecule has 2 rings (SSSR count). The quantitative estimate of drug-likeness (QED) is 0.797. The Morgan fingerprint density at radius 3 is 2.84 bits per heavy atom. The molecule has 0 aromatic carbocycles. The summed E-state index contributed by atoms with van der Waals surface area (Å²) < 4.78 is 0. The summed E-state index contributed by atoms with van der Waals surface area (Å²) in [5.41, 5.74) is 0. The molecule has 1 unspecified atom stereocenters. The van der Waals surface area contributed by atoms with Crippen LogP contribution < -0.4 is 5.32 Å². The summed E-state index contributed by atoms with van der Waals surface area (Å²) in [6, 6.07) is 0.228. The van der Waals surface area contributed by atoms with Gasteiger partial charge in [-0.3, -0.25) is 9.59 Å². The number of amides is 2. The Morgan fingerprint density at radius 2 is 2.05 bits per heavy atom. The minimum Gasteiger partial charge on any atom is -0.336 e. The Bertz CT molecular complexity index is 333. The molecule has 0 aliphatic carbocycles. The molecule has 1 N–H and O–H groups in total. The second kappa shape index (κ2) is 6.89. The number of piperazine rings is 1. The second-order valence-electron chi connectivity index (χ2n) is 5.62. The average Bonchev–Trinajstić information content (AvgIpc) is 2.39. The number of nitrogens with one attached hydrogen (secondary N) is 1. The Kier molecular flexibility index (Phi) is 5.19. The summed E-state index contributed by atoms with van der Waals surface area (Å²) in [6.45, 7) is 5.51.